The zero-order valence-corrected chi connectivity index (χ0v) is 10.9. The molecule has 2 N–H and O–H groups in total. The Morgan fingerprint density at radius 2 is 2.00 bits per heavy atom. The lowest BCUT2D eigenvalue weighted by molar-refractivity contribution is -0.121. The Morgan fingerprint density at radius 3 is 2.68 bits per heavy atom. The molecule has 1 aromatic rings. The zero-order chi connectivity index (χ0) is 13.1. The third kappa shape index (κ3) is 2.86. The number of carbonyl (C=O) groups is 1. The Kier molecular flexibility index (Phi) is 3.63. The van der Waals surface area contributed by atoms with Gasteiger partial charge in [0.05, 0.1) is 6.54 Å². The van der Waals surface area contributed by atoms with E-state index in [1.807, 2.05) is 0 Å². The summed E-state index contributed by atoms with van der Waals surface area (Å²) in [6, 6.07) is -0.0778. The third-order valence-corrected chi connectivity index (χ3v) is 3.63. The van der Waals surface area contributed by atoms with Crippen molar-refractivity contribution in [3.05, 3.63) is 5.89 Å². The predicted molar refractivity (Wildman–Crippen MR) is 68.7 cm³/mol. The fourth-order valence-corrected chi connectivity index (χ4v) is 2.51. The summed E-state index contributed by atoms with van der Waals surface area (Å²) in [5.41, 5.74) is 0. The monoisotopic (exact) mass is 265 g/mol. The molecule has 2 fully saturated rings. The molecule has 1 unspecified atom stereocenters. The van der Waals surface area contributed by atoms with E-state index in [1.165, 1.54) is 25.7 Å². The van der Waals surface area contributed by atoms with Crippen LogP contribution in [0.5, 0.6) is 0 Å². The summed E-state index contributed by atoms with van der Waals surface area (Å²) < 4.78 is 5.32. The number of hydrogen-bond donors (Lipinski definition) is 2. The SMILES string of the molecule is O=C1CNC(c2nc(N3CCCCCC3)no2)CN1. The molecule has 3 rings (SSSR count). The van der Waals surface area contributed by atoms with Gasteiger partial charge in [-0.15, -0.1) is 0 Å². The molecule has 1 aromatic heterocycles. The van der Waals surface area contributed by atoms with Crippen molar-refractivity contribution in [2.24, 2.45) is 0 Å². The second-order valence-electron chi connectivity index (χ2n) is 5.07. The number of anilines is 1. The predicted octanol–water partition coefficient (Wildman–Crippen LogP) is 0.210. The molecule has 2 aliphatic heterocycles. The lowest BCUT2D eigenvalue weighted by Gasteiger charge is -2.20. The summed E-state index contributed by atoms with van der Waals surface area (Å²) in [6.07, 6.45) is 4.91. The van der Waals surface area contributed by atoms with E-state index >= 15 is 0 Å². The van der Waals surface area contributed by atoms with E-state index in [0.717, 1.165) is 13.1 Å². The van der Waals surface area contributed by atoms with Gasteiger partial charge >= 0.3 is 0 Å². The van der Waals surface area contributed by atoms with Crippen molar-refractivity contribution in [2.45, 2.75) is 31.7 Å². The minimum Gasteiger partial charge on any atom is -0.353 e. The van der Waals surface area contributed by atoms with Gasteiger partial charge in [0, 0.05) is 19.6 Å². The minimum atomic E-state index is -0.0778. The number of hydrogen-bond acceptors (Lipinski definition) is 6. The van der Waals surface area contributed by atoms with Crippen molar-refractivity contribution >= 4 is 11.9 Å². The first-order valence-corrected chi connectivity index (χ1v) is 6.91. The van der Waals surface area contributed by atoms with Crippen LogP contribution in [0.1, 0.15) is 37.6 Å². The lowest BCUT2D eigenvalue weighted by atomic mass is 10.2. The number of aromatic nitrogens is 2. The van der Waals surface area contributed by atoms with Gasteiger partial charge in [0.1, 0.15) is 6.04 Å². The van der Waals surface area contributed by atoms with Crippen molar-refractivity contribution in [2.75, 3.05) is 31.1 Å². The maximum Gasteiger partial charge on any atom is 0.266 e. The zero-order valence-electron chi connectivity index (χ0n) is 10.9. The molecule has 2 saturated heterocycles. The Bertz CT molecular complexity index is 429. The molecule has 2 aliphatic rings. The second kappa shape index (κ2) is 5.56. The molecule has 104 valence electrons. The molecule has 19 heavy (non-hydrogen) atoms. The number of amides is 1. The van der Waals surface area contributed by atoms with E-state index in [-0.39, 0.29) is 11.9 Å². The normalized spacial score (nSPS) is 24.9. The maximum absolute atomic E-state index is 11.1. The standard InChI is InChI=1S/C12H19N5O2/c18-10-8-13-9(7-14-10)11-15-12(16-19-11)17-5-3-1-2-4-6-17/h9,13H,1-8H2,(H,14,18). The van der Waals surface area contributed by atoms with Crippen LogP contribution < -0.4 is 15.5 Å². The first-order valence-electron chi connectivity index (χ1n) is 6.91. The van der Waals surface area contributed by atoms with Crippen molar-refractivity contribution in [3.63, 3.8) is 0 Å². The van der Waals surface area contributed by atoms with Crippen LogP contribution in [-0.4, -0.2) is 42.2 Å². The van der Waals surface area contributed by atoms with E-state index in [2.05, 4.69) is 25.7 Å². The number of carbonyl (C=O) groups excluding carboxylic acids is 1. The quantitative estimate of drug-likeness (QED) is 0.795. The van der Waals surface area contributed by atoms with Gasteiger partial charge in [-0.05, 0) is 18.0 Å². The average Bonchev–Trinajstić information content (AvgIpc) is 2.76. The van der Waals surface area contributed by atoms with Gasteiger partial charge < -0.3 is 14.7 Å². The minimum absolute atomic E-state index is 0.00325. The summed E-state index contributed by atoms with van der Waals surface area (Å²) in [6.45, 7) is 2.79. The van der Waals surface area contributed by atoms with E-state index < -0.39 is 0 Å². The summed E-state index contributed by atoms with van der Waals surface area (Å²) >= 11 is 0. The number of nitrogens with one attached hydrogen (secondary N) is 2. The van der Waals surface area contributed by atoms with Crippen LogP contribution in [0.25, 0.3) is 0 Å². The highest BCUT2D eigenvalue weighted by Gasteiger charge is 2.25. The Morgan fingerprint density at radius 1 is 1.21 bits per heavy atom. The molecule has 0 bridgehead atoms. The highest BCUT2D eigenvalue weighted by Crippen LogP contribution is 2.19. The maximum atomic E-state index is 11.1. The molecule has 0 radical (unpaired) electrons. The Balaban J connectivity index is 1.66. The molecule has 0 spiro atoms. The molecule has 3 heterocycles. The first kappa shape index (κ1) is 12.4. The summed E-state index contributed by atoms with van der Waals surface area (Å²) in [7, 11) is 0. The summed E-state index contributed by atoms with van der Waals surface area (Å²) in [4.78, 5) is 17.7. The van der Waals surface area contributed by atoms with Crippen molar-refractivity contribution in [1.29, 1.82) is 0 Å². The Hall–Kier alpha value is -1.63. The van der Waals surface area contributed by atoms with E-state index in [9.17, 15) is 4.79 Å². The topological polar surface area (TPSA) is 83.3 Å². The first-order chi connectivity index (χ1) is 9.33. The van der Waals surface area contributed by atoms with Crippen LogP contribution in [0, 0.1) is 0 Å². The summed E-state index contributed by atoms with van der Waals surface area (Å²) in [5.74, 6) is 1.23. The highest BCUT2D eigenvalue weighted by molar-refractivity contribution is 5.78. The van der Waals surface area contributed by atoms with Crippen LogP contribution in [0.15, 0.2) is 4.52 Å². The van der Waals surface area contributed by atoms with Gasteiger partial charge in [0.2, 0.25) is 11.8 Å². The van der Waals surface area contributed by atoms with Crippen LogP contribution in [0.4, 0.5) is 5.95 Å². The molecule has 7 heteroatoms. The molecule has 0 saturated carbocycles. The molecule has 1 amide bonds. The summed E-state index contributed by atoms with van der Waals surface area (Å²) in [5, 5.41) is 9.94. The van der Waals surface area contributed by atoms with Gasteiger partial charge in [-0.3, -0.25) is 10.1 Å². The number of nitrogens with zero attached hydrogens (tertiary/aromatic N) is 3. The molecule has 7 nitrogen and oxygen atoms in total. The van der Waals surface area contributed by atoms with Gasteiger partial charge in [-0.2, -0.15) is 4.98 Å². The van der Waals surface area contributed by atoms with Crippen molar-refractivity contribution in [1.82, 2.24) is 20.8 Å². The van der Waals surface area contributed by atoms with Crippen LogP contribution in [-0.2, 0) is 4.79 Å². The van der Waals surface area contributed by atoms with Crippen LogP contribution in [0.3, 0.4) is 0 Å². The van der Waals surface area contributed by atoms with Crippen molar-refractivity contribution in [3.8, 4) is 0 Å². The largest absolute Gasteiger partial charge is 0.353 e. The van der Waals surface area contributed by atoms with Gasteiger partial charge in [-0.1, -0.05) is 12.8 Å². The highest BCUT2D eigenvalue weighted by atomic mass is 16.5. The molecule has 1 atom stereocenters. The second-order valence-corrected chi connectivity index (χ2v) is 5.07. The number of piperazine rings is 1. The van der Waals surface area contributed by atoms with E-state index in [1.54, 1.807) is 0 Å². The van der Waals surface area contributed by atoms with Crippen molar-refractivity contribution < 1.29 is 9.32 Å². The van der Waals surface area contributed by atoms with Gasteiger partial charge in [0.15, 0.2) is 0 Å². The smallest absolute Gasteiger partial charge is 0.266 e. The van der Waals surface area contributed by atoms with E-state index in [4.69, 9.17) is 4.52 Å². The van der Waals surface area contributed by atoms with Crippen LogP contribution >= 0.6 is 0 Å². The molecular formula is C12H19N5O2. The lowest BCUT2D eigenvalue weighted by Crippen LogP contribution is -2.47. The Labute approximate surface area is 111 Å². The molecule has 0 aliphatic carbocycles. The fourth-order valence-electron chi connectivity index (χ4n) is 2.51. The van der Waals surface area contributed by atoms with Gasteiger partial charge in [0.25, 0.3) is 5.95 Å². The fraction of sp³-hybridized carbons (Fsp3) is 0.750. The van der Waals surface area contributed by atoms with E-state index in [0.29, 0.717) is 24.9 Å². The third-order valence-electron chi connectivity index (χ3n) is 3.63. The number of rotatable bonds is 2. The molecule has 0 aromatic carbocycles. The molecular weight excluding hydrogens is 246 g/mol. The average molecular weight is 265 g/mol. The van der Waals surface area contributed by atoms with Crippen LogP contribution in [0.2, 0.25) is 0 Å². The van der Waals surface area contributed by atoms with Gasteiger partial charge in [-0.25, -0.2) is 0 Å².